The second-order valence-corrected chi connectivity index (χ2v) is 0.960. The number of hydrogen-bond donors (Lipinski definition) is 2. The van der Waals surface area contributed by atoms with Gasteiger partial charge in [-0.3, -0.25) is 4.84 Å². The fourth-order valence-corrected chi connectivity index (χ4v) is 0.273. The monoisotopic (exact) mass is 86.0 g/mol. The van der Waals surface area contributed by atoms with E-state index in [1.807, 2.05) is 6.08 Å². The highest BCUT2D eigenvalue weighted by Crippen LogP contribution is 1.72. The summed E-state index contributed by atoms with van der Waals surface area (Å²) in [5.74, 6) is 0. The minimum absolute atomic E-state index is 0.646. The maximum absolute atomic E-state index is 4.62. The van der Waals surface area contributed by atoms with Crippen LogP contribution in [0.25, 0.3) is 0 Å². The van der Waals surface area contributed by atoms with Crippen LogP contribution in [0.1, 0.15) is 0 Å². The maximum atomic E-state index is 4.62. The average Bonchev–Trinajstić information content (AvgIpc) is 1.72. The second kappa shape index (κ2) is 1.79. The van der Waals surface area contributed by atoms with Crippen molar-refractivity contribution < 1.29 is 4.84 Å². The molecule has 0 unspecified atom stereocenters. The van der Waals surface area contributed by atoms with Crippen LogP contribution in [0.2, 0.25) is 0 Å². The third kappa shape index (κ3) is 0.702. The zero-order valence-corrected chi connectivity index (χ0v) is 3.27. The van der Waals surface area contributed by atoms with Gasteiger partial charge in [-0.2, -0.15) is 0 Å². The normalized spacial score (nSPS) is 20.0. The summed E-state index contributed by atoms with van der Waals surface area (Å²) in [5, 5.41) is 0. The van der Waals surface area contributed by atoms with Crippen LogP contribution < -0.4 is 11.0 Å². The Morgan fingerprint density at radius 1 is 1.67 bits per heavy atom. The molecule has 0 radical (unpaired) electrons. The summed E-state index contributed by atoms with van der Waals surface area (Å²) in [7, 11) is 0. The molecule has 0 aromatic carbocycles. The van der Waals surface area contributed by atoms with E-state index in [1.165, 1.54) is 0 Å². The second-order valence-electron chi connectivity index (χ2n) is 0.960. The number of rotatable bonds is 0. The van der Waals surface area contributed by atoms with E-state index in [4.69, 9.17) is 0 Å². The zero-order valence-electron chi connectivity index (χ0n) is 3.27. The molecule has 0 bridgehead atoms. The van der Waals surface area contributed by atoms with Crippen molar-refractivity contribution in [1.29, 1.82) is 0 Å². The van der Waals surface area contributed by atoms with Gasteiger partial charge in [0.1, 0.15) is 0 Å². The smallest absolute Gasteiger partial charge is 0.0902 e. The topological polar surface area (TPSA) is 33.3 Å². The van der Waals surface area contributed by atoms with E-state index in [-0.39, 0.29) is 0 Å². The lowest BCUT2D eigenvalue weighted by atomic mass is 10.6. The van der Waals surface area contributed by atoms with Crippen LogP contribution in [0.3, 0.4) is 0 Å². The van der Waals surface area contributed by atoms with Crippen molar-refractivity contribution in [3.8, 4) is 0 Å². The highest BCUT2D eigenvalue weighted by molar-refractivity contribution is 4.78. The number of hydrazine groups is 1. The Kier molecular flexibility index (Phi) is 1.09. The van der Waals surface area contributed by atoms with Crippen molar-refractivity contribution in [1.82, 2.24) is 11.0 Å². The Bertz CT molecular complexity index is 53.8. The van der Waals surface area contributed by atoms with Gasteiger partial charge in [0.2, 0.25) is 0 Å². The van der Waals surface area contributed by atoms with Gasteiger partial charge in [0.05, 0.1) is 6.61 Å². The van der Waals surface area contributed by atoms with E-state index in [2.05, 4.69) is 15.9 Å². The van der Waals surface area contributed by atoms with Crippen LogP contribution >= 0.6 is 0 Å². The standard InChI is InChI=1S/C3H6N2O/c1-2-4-5-6-3-1/h1-2,4-5H,3H2. The van der Waals surface area contributed by atoms with Crippen molar-refractivity contribution in [2.75, 3.05) is 6.61 Å². The van der Waals surface area contributed by atoms with Crippen molar-refractivity contribution in [2.24, 2.45) is 0 Å². The molecular formula is C3H6N2O. The summed E-state index contributed by atoms with van der Waals surface area (Å²) in [6, 6.07) is 0. The number of hydrogen-bond acceptors (Lipinski definition) is 3. The van der Waals surface area contributed by atoms with Gasteiger partial charge < -0.3 is 5.43 Å². The fraction of sp³-hybridized carbons (Fsp3) is 0.333. The van der Waals surface area contributed by atoms with Gasteiger partial charge >= 0.3 is 0 Å². The van der Waals surface area contributed by atoms with Crippen LogP contribution in [0.4, 0.5) is 0 Å². The summed E-state index contributed by atoms with van der Waals surface area (Å²) >= 11 is 0. The molecule has 0 fully saturated rings. The Balaban J connectivity index is 2.26. The lowest BCUT2D eigenvalue weighted by Gasteiger charge is -2.05. The zero-order chi connectivity index (χ0) is 4.24. The van der Waals surface area contributed by atoms with Gasteiger partial charge in [-0.05, 0) is 6.08 Å². The highest BCUT2D eigenvalue weighted by atomic mass is 16.7. The van der Waals surface area contributed by atoms with Gasteiger partial charge in [0.25, 0.3) is 0 Å². The molecule has 0 atom stereocenters. The molecule has 3 heteroatoms. The van der Waals surface area contributed by atoms with Crippen molar-refractivity contribution in [2.45, 2.75) is 0 Å². The predicted molar refractivity (Wildman–Crippen MR) is 21.4 cm³/mol. The van der Waals surface area contributed by atoms with E-state index in [0.717, 1.165) is 0 Å². The van der Waals surface area contributed by atoms with Gasteiger partial charge in [-0.1, -0.05) is 0 Å². The van der Waals surface area contributed by atoms with E-state index in [9.17, 15) is 0 Å². The fourth-order valence-electron chi connectivity index (χ4n) is 0.273. The predicted octanol–water partition coefficient (Wildman–Crippen LogP) is -0.461. The molecule has 0 aromatic rings. The molecule has 0 spiro atoms. The first-order valence-corrected chi connectivity index (χ1v) is 1.77. The van der Waals surface area contributed by atoms with Crippen molar-refractivity contribution in [3.63, 3.8) is 0 Å². The first-order valence-electron chi connectivity index (χ1n) is 1.77. The van der Waals surface area contributed by atoms with Crippen molar-refractivity contribution >= 4 is 0 Å². The minimum atomic E-state index is 0.646. The van der Waals surface area contributed by atoms with Crippen LogP contribution in [-0.2, 0) is 4.84 Å². The molecule has 2 N–H and O–H groups in total. The van der Waals surface area contributed by atoms with Crippen molar-refractivity contribution in [3.05, 3.63) is 12.3 Å². The van der Waals surface area contributed by atoms with Gasteiger partial charge in [0, 0.05) is 6.20 Å². The van der Waals surface area contributed by atoms with Gasteiger partial charge in [-0.25, -0.2) is 0 Å². The van der Waals surface area contributed by atoms with Crippen LogP contribution in [0.5, 0.6) is 0 Å². The first kappa shape index (κ1) is 3.64. The minimum Gasteiger partial charge on any atom is -0.306 e. The van der Waals surface area contributed by atoms with E-state index >= 15 is 0 Å². The molecule has 0 saturated heterocycles. The molecule has 1 heterocycles. The first-order chi connectivity index (χ1) is 3.00. The van der Waals surface area contributed by atoms with E-state index in [1.54, 1.807) is 6.20 Å². The molecule has 3 nitrogen and oxygen atoms in total. The maximum Gasteiger partial charge on any atom is 0.0902 e. The summed E-state index contributed by atoms with van der Waals surface area (Å²) < 4.78 is 0. The van der Waals surface area contributed by atoms with E-state index < -0.39 is 0 Å². The molecule has 34 valence electrons. The largest absolute Gasteiger partial charge is 0.306 e. The lowest BCUT2D eigenvalue weighted by molar-refractivity contribution is 0.0306. The van der Waals surface area contributed by atoms with Crippen LogP contribution in [0.15, 0.2) is 12.3 Å². The van der Waals surface area contributed by atoms with Crippen LogP contribution in [-0.4, -0.2) is 6.61 Å². The lowest BCUT2D eigenvalue weighted by Crippen LogP contribution is -2.30. The van der Waals surface area contributed by atoms with Gasteiger partial charge in [-0.15, -0.1) is 5.59 Å². The molecular weight excluding hydrogens is 80.0 g/mol. The molecule has 1 aliphatic heterocycles. The summed E-state index contributed by atoms with van der Waals surface area (Å²) in [6.45, 7) is 0.646. The molecule has 0 aliphatic carbocycles. The molecule has 0 aromatic heterocycles. The molecule has 0 amide bonds. The Morgan fingerprint density at radius 2 is 2.67 bits per heavy atom. The van der Waals surface area contributed by atoms with Gasteiger partial charge in [0.15, 0.2) is 0 Å². The van der Waals surface area contributed by atoms with E-state index in [0.29, 0.717) is 6.61 Å². The Labute approximate surface area is 35.9 Å². The molecule has 1 aliphatic rings. The van der Waals surface area contributed by atoms with Crippen LogP contribution in [0, 0.1) is 0 Å². The highest BCUT2D eigenvalue weighted by Gasteiger charge is 1.81. The molecule has 6 heavy (non-hydrogen) atoms. The summed E-state index contributed by atoms with van der Waals surface area (Å²) in [4.78, 5) is 4.62. The number of nitrogens with one attached hydrogen (secondary N) is 2. The summed E-state index contributed by atoms with van der Waals surface area (Å²) in [5.41, 5.74) is 5.08. The summed E-state index contributed by atoms with van der Waals surface area (Å²) in [6.07, 6.45) is 3.65. The average molecular weight is 86.1 g/mol. The molecule has 0 saturated carbocycles. The quantitative estimate of drug-likeness (QED) is 0.418. The Hall–Kier alpha value is -0.540. The SMILES string of the molecule is C1=CNNOC1. The molecule has 1 rings (SSSR count). The third-order valence-electron chi connectivity index (χ3n) is 0.512. The Morgan fingerprint density at radius 3 is 2.83 bits per heavy atom. The third-order valence-corrected chi connectivity index (χ3v) is 0.512.